The van der Waals surface area contributed by atoms with Crippen molar-refractivity contribution in [3.05, 3.63) is 29.8 Å². The van der Waals surface area contributed by atoms with Crippen molar-refractivity contribution >= 4 is 26.6 Å². The minimum atomic E-state index is -3.15. The van der Waals surface area contributed by atoms with E-state index >= 15 is 0 Å². The highest BCUT2D eigenvalue weighted by molar-refractivity contribution is 7.92. The number of benzene rings is 1. The first-order chi connectivity index (χ1) is 9.78. The average Bonchev–Trinajstić information content (AvgIpc) is 2.38. The Balaban J connectivity index is 0.000000433. The number of rotatable bonds is 7. The lowest BCUT2D eigenvalue weighted by Crippen LogP contribution is -2.16. The second-order valence-electron chi connectivity index (χ2n) is 4.08. The van der Waals surface area contributed by atoms with Crippen LogP contribution < -0.4 is 9.44 Å². The molecule has 0 atom stereocenters. The molecule has 0 saturated heterocycles. The predicted molar refractivity (Wildman–Crippen MR) is 84.5 cm³/mol. The van der Waals surface area contributed by atoms with Crippen LogP contribution in [0.5, 0.6) is 0 Å². The Morgan fingerprint density at radius 1 is 1.19 bits per heavy atom. The second kappa shape index (κ2) is 10.6. The molecule has 0 heterocycles. The van der Waals surface area contributed by atoms with E-state index in [1.807, 2.05) is 12.1 Å². The van der Waals surface area contributed by atoms with Gasteiger partial charge in [0.15, 0.2) is 0 Å². The third-order valence-corrected chi connectivity index (χ3v) is 3.30. The Hall–Kier alpha value is -1.16. The lowest BCUT2D eigenvalue weighted by molar-refractivity contribution is 0.204. The molecule has 9 heteroatoms. The lowest BCUT2D eigenvalue weighted by Gasteiger charge is -2.03. The molecule has 0 aliphatic rings. The van der Waals surface area contributed by atoms with Crippen LogP contribution in [0.4, 0.5) is 5.69 Å². The fourth-order valence-electron chi connectivity index (χ4n) is 1.26. The molecule has 0 saturated carbocycles. The van der Waals surface area contributed by atoms with E-state index in [0.717, 1.165) is 12.7 Å². The van der Waals surface area contributed by atoms with Crippen molar-refractivity contribution in [1.29, 1.82) is 0 Å². The van der Waals surface area contributed by atoms with E-state index in [1.54, 1.807) is 12.1 Å². The maximum Gasteiger partial charge on any atom is 0.229 e. The van der Waals surface area contributed by atoms with E-state index < -0.39 is 20.9 Å². The van der Waals surface area contributed by atoms with Gasteiger partial charge in [0.1, 0.15) is 0 Å². The fraction of sp³-hybridized carbons (Fsp3) is 0.500. The van der Waals surface area contributed by atoms with Crippen LogP contribution in [0.15, 0.2) is 24.3 Å². The Kier molecular flexibility index (Phi) is 9.97. The third kappa shape index (κ3) is 12.3. The SMILES string of the molecule is CCc1ccc(NS(C)(=O)=O)cc1.COCCN[SH](=O)=O. The van der Waals surface area contributed by atoms with Crippen molar-refractivity contribution in [1.82, 2.24) is 4.72 Å². The smallest absolute Gasteiger partial charge is 0.229 e. The zero-order valence-electron chi connectivity index (χ0n) is 12.3. The molecule has 21 heavy (non-hydrogen) atoms. The largest absolute Gasteiger partial charge is 0.383 e. The number of nitrogens with one attached hydrogen (secondary N) is 2. The number of ether oxygens (including phenoxy) is 1. The monoisotopic (exact) mass is 338 g/mol. The summed E-state index contributed by atoms with van der Waals surface area (Å²) in [4.78, 5) is 0. The van der Waals surface area contributed by atoms with E-state index in [9.17, 15) is 16.8 Å². The van der Waals surface area contributed by atoms with Crippen LogP contribution in [-0.2, 0) is 32.1 Å². The summed E-state index contributed by atoms with van der Waals surface area (Å²) >= 11 is 0. The molecule has 0 aromatic heterocycles. The molecule has 0 aliphatic heterocycles. The first-order valence-corrected chi connectivity index (χ1v) is 9.29. The van der Waals surface area contributed by atoms with Crippen LogP contribution in [0.25, 0.3) is 0 Å². The summed E-state index contributed by atoms with van der Waals surface area (Å²) in [6.45, 7) is 2.83. The molecule has 1 aromatic carbocycles. The van der Waals surface area contributed by atoms with Gasteiger partial charge in [0.2, 0.25) is 20.9 Å². The van der Waals surface area contributed by atoms with Gasteiger partial charge in [0.05, 0.1) is 12.9 Å². The number of hydrogen-bond acceptors (Lipinski definition) is 5. The summed E-state index contributed by atoms with van der Waals surface area (Å²) in [5.74, 6) is 0. The van der Waals surface area contributed by atoms with Crippen LogP contribution in [0, 0.1) is 0 Å². The molecule has 0 unspecified atom stereocenters. The quantitative estimate of drug-likeness (QED) is 0.492. The van der Waals surface area contributed by atoms with E-state index in [-0.39, 0.29) is 0 Å². The van der Waals surface area contributed by atoms with Crippen LogP contribution in [0.3, 0.4) is 0 Å². The normalized spacial score (nSPS) is 10.9. The summed E-state index contributed by atoms with van der Waals surface area (Å²) in [7, 11) is -4.08. The van der Waals surface area contributed by atoms with Gasteiger partial charge in [-0.25, -0.2) is 21.6 Å². The van der Waals surface area contributed by atoms with Crippen LogP contribution in [0.1, 0.15) is 12.5 Å². The number of methoxy groups -OCH3 is 1. The van der Waals surface area contributed by atoms with E-state index in [4.69, 9.17) is 0 Å². The first-order valence-electron chi connectivity index (χ1n) is 6.22. The number of thiol groups is 1. The van der Waals surface area contributed by atoms with Gasteiger partial charge in [-0.1, -0.05) is 19.1 Å². The molecule has 0 aliphatic carbocycles. The third-order valence-electron chi connectivity index (χ3n) is 2.21. The predicted octanol–water partition coefficient (Wildman–Crippen LogP) is 0.369. The highest BCUT2D eigenvalue weighted by atomic mass is 32.2. The summed E-state index contributed by atoms with van der Waals surface area (Å²) in [6.07, 6.45) is 2.10. The number of sulfonamides is 1. The molecular formula is C12H22N2O5S2. The Morgan fingerprint density at radius 3 is 2.14 bits per heavy atom. The summed E-state index contributed by atoms with van der Waals surface area (Å²) in [6, 6.07) is 7.35. The minimum Gasteiger partial charge on any atom is -0.383 e. The Morgan fingerprint density at radius 2 is 1.76 bits per heavy atom. The molecular weight excluding hydrogens is 316 g/mol. The van der Waals surface area contributed by atoms with Crippen molar-refractivity contribution in [2.45, 2.75) is 13.3 Å². The number of anilines is 1. The van der Waals surface area contributed by atoms with Gasteiger partial charge < -0.3 is 4.74 Å². The van der Waals surface area contributed by atoms with Crippen molar-refractivity contribution in [3.63, 3.8) is 0 Å². The molecule has 0 fully saturated rings. The van der Waals surface area contributed by atoms with Gasteiger partial charge in [-0.3, -0.25) is 4.72 Å². The Bertz CT molecular complexity index is 560. The highest BCUT2D eigenvalue weighted by Crippen LogP contribution is 2.10. The molecule has 0 amide bonds. The zero-order chi connectivity index (χ0) is 16.3. The van der Waals surface area contributed by atoms with Crippen LogP contribution in [-0.4, -0.2) is 43.4 Å². The molecule has 0 radical (unpaired) electrons. The van der Waals surface area contributed by atoms with E-state index in [0.29, 0.717) is 18.8 Å². The summed E-state index contributed by atoms with van der Waals surface area (Å²) in [5, 5.41) is 0. The Labute approximate surface area is 127 Å². The molecule has 7 nitrogen and oxygen atoms in total. The number of hydrogen-bond donors (Lipinski definition) is 3. The maximum atomic E-state index is 10.8. The van der Waals surface area contributed by atoms with Crippen LogP contribution in [0.2, 0.25) is 0 Å². The van der Waals surface area contributed by atoms with Gasteiger partial charge in [-0.2, -0.15) is 0 Å². The van der Waals surface area contributed by atoms with Crippen molar-refractivity contribution in [2.24, 2.45) is 0 Å². The van der Waals surface area contributed by atoms with Gasteiger partial charge in [0, 0.05) is 19.3 Å². The summed E-state index contributed by atoms with van der Waals surface area (Å²) in [5.41, 5.74) is 1.80. The summed E-state index contributed by atoms with van der Waals surface area (Å²) < 4.78 is 50.3. The average molecular weight is 338 g/mol. The molecule has 1 aromatic rings. The molecule has 1 rings (SSSR count). The van der Waals surface area contributed by atoms with E-state index in [2.05, 4.69) is 21.1 Å². The lowest BCUT2D eigenvalue weighted by atomic mass is 10.2. The van der Waals surface area contributed by atoms with Crippen LogP contribution >= 0.6 is 0 Å². The standard InChI is InChI=1S/C9H13NO2S.C3H9NO3S/c1-3-8-4-6-9(7-5-8)10-13(2,11)12;1-7-3-2-4-8(5)6/h4-7,10H,3H2,1-2H3;8H,2-3H2,1H3,(H,4,5,6). The molecule has 0 bridgehead atoms. The van der Waals surface area contributed by atoms with Gasteiger partial charge >= 0.3 is 0 Å². The molecule has 0 spiro atoms. The number of aryl methyl sites for hydroxylation is 1. The van der Waals surface area contributed by atoms with Crippen molar-refractivity contribution in [2.75, 3.05) is 31.2 Å². The van der Waals surface area contributed by atoms with Gasteiger partial charge in [-0.15, -0.1) is 0 Å². The van der Waals surface area contributed by atoms with Crippen molar-refractivity contribution in [3.8, 4) is 0 Å². The minimum absolute atomic E-state index is 0.356. The van der Waals surface area contributed by atoms with Gasteiger partial charge in [-0.05, 0) is 24.1 Å². The maximum absolute atomic E-state index is 10.8. The second-order valence-corrected chi connectivity index (χ2v) is 6.66. The van der Waals surface area contributed by atoms with E-state index in [1.165, 1.54) is 12.7 Å². The van der Waals surface area contributed by atoms with Crippen molar-refractivity contribution < 1.29 is 21.6 Å². The highest BCUT2D eigenvalue weighted by Gasteiger charge is 2.00. The molecule has 2 N–H and O–H groups in total. The molecule has 122 valence electrons. The topological polar surface area (TPSA) is 102 Å². The van der Waals surface area contributed by atoms with Gasteiger partial charge in [0.25, 0.3) is 0 Å². The first kappa shape index (κ1) is 19.8. The zero-order valence-corrected chi connectivity index (χ0v) is 14.0. The fourth-order valence-corrected chi connectivity index (χ4v) is 2.10.